The molecule has 0 fully saturated rings. The molecular weight excluding hydrogens is 591 g/mol. The van der Waals surface area contributed by atoms with Crippen LogP contribution < -0.4 is 0 Å². The highest BCUT2D eigenvalue weighted by Crippen LogP contribution is 2.06. The standard InChI is InChI=1S/2C5H7NO.3C5H7NS.C4H6N2O/c1-4-3-6-5(2)7-4;1-4-3-5(2)7-6-4;1-4-3-7-5(2)6-4;2*1-4-3-5(2)7-6-4;1-3-5-4(2)7-6-3/h5*3H,1-2H3;1-2H3. The Morgan fingerprint density at radius 3 is 1.29 bits per heavy atom. The first-order chi connectivity index (χ1) is 19.7. The van der Waals surface area contributed by atoms with Gasteiger partial charge in [0.2, 0.25) is 5.89 Å². The van der Waals surface area contributed by atoms with E-state index >= 15 is 0 Å². The third-order valence-corrected chi connectivity index (χ3v) is 6.80. The van der Waals surface area contributed by atoms with Crippen molar-refractivity contribution in [2.75, 3.05) is 0 Å². The maximum atomic E-state index is 4.97. The molecule has 13 heteroatoms. The lowest BCUT2D eigenvalue weighted by molar-refractivity contribution is 0.389. The van der Waals surface area contributed by atoms with Crippen LogP contribution in [0.4, 0.5) is 0 Å². The summed E-state index contributed by atoms with van der Waals surface area (Å²) in [6, 6.07) is 6.04. The molecule has 0 amide bonds. The Hall–Kier alpha value is -3.55. The summed E-state index contributed by atoms with van der Waals surface area (Å²) in [5, 5.41) is 10.4. The van der Waals surface area contributed by atoms with Crippen molar-refractivity contribution < 1.29 is 13.5 Å². The Bertz CT molecular complexity index is 1150. The van der Waals surface area contributed by atoms with Crippen LogP contribution in [-0.4, -0.2) is 34.0 Å². The lowest BCUT2D eigenvalue weighted by Crippen LogP contribution is -1.70. The minimum absolute atomic E-state index is 0.623. The zero-order valence-electron chi connectivity index (χ0n) is 26.5. The van der Waals surface area contributed by atoms with E-state index in [9.17, 15) is 0 Å². The maximum absolute atomic E-state index is 4.97. The van der Waals surface area contributed by atoms with Gasteiger partial charge in [0.25, 0.3) is 0 Å². The van der Waals surface area contributed by atoms with E-state index in [4.69, 9.17) is 8.94 Å². The van der Waals surface area contributed by atoms with Gasteiger partial charge >= 0.3 is 0 Å². The molecule has 228 valence electrons. The second-order valence-electron chi connectivity index (χ2n) is 9.10. The molecule has 0 radical (unpaired) electrons. The normalized spacial score (nSPS) is 9.43. The van der Waals surface area contributed by atoms with Crippen LogP contribution in [-0.2, 0) is 0 Å². The smallest absolute Gasteiger partial charge is 0.223 e. The van der Waals surface area contributed by atoms with E-state index in [0.29, 0.717) is 11.7 Å². The first-order valence-corrected chi connectivity index (χ1v) is 15.4. The van der Waals surface area contributed by atoms with Crippen molar-refractivity contribution in [2.24, 2.45) is 0 Å². The first-order valence-electron chi connectivity index (χ1n) is 13.0. The van der Waals surface area contributed by atoms with E-state index in [1.165, 1.54) is 9.75 Å². The van der Waals surface area contributed by atoms with Gasteiger partial charge in [-0.2, -0.15) is 13.7 Å². The predicted octanol–water partition coefficient (Wildman–Crippen LogP) is 8.55. The Kier molecular flexibility index (Phi) is 17.0. The molecule has 0 bridgehead atoms. The van der Waals surface area contributed by atoms with Gasteiger partial charge in [-0.15, -0.1) is 11.3 Å². The average molecular weight is 632 g/mol. The average Bonchev–Trinajstić information content (AvgIpc) is 3.76. The molecule has 0 aromatic carbocycles. The molecule has 6 aromatic rings. The molecule has 42 heavy (non-hydrogen) atoms. The number of oxazole rings is 1. The van der Waals surface area contributed by atoms with E-state index in [0.717, 1.165) is 45.2 Å². The van der Waals surface area contributed by atoms with Gasteiger partial charge in [0.05, 0.1) is 28.3 Å². The summed E-state index contributed by atoms with van der Waals surface area (Å²) in [7, 11) is 0. The summed E-state index contributed by atoms with van der Waals surface area (Å²) in [5.41, 5.74) is 4.32. The van der Waals surface area contributed by atoms with Gasteiger partial charge in [-0.3, -0.25) is 0 Å². The molecule has 0 N–H and O–H groups in total. The number of nitrogens with zero attached hydrogens (tertiary/aromatic N) is 7. The highest BCUT2D eigenvalue weighted by Gasteiger charge is 1.91. The second-order valence-corrected chi connectivity index (χ2v) is 12.2. The highest BCUT2D eigenvalue weighted by atomic mass is 32.1. The van der Waals surface area contributed by atoms with E-state index in [1.54, 1.807) is 54.4 Å². The first kappa shape index (κ1) is 36.5. The van der Waals surface area contributed by atoms with E-state index in [-0.39, 0.29) is 0 Å². The summed E-state index contributed by atoms with van der Waals surface area (Å²) in [6.07, 6.45) is 1.70. The second kappa shape index (κ2) is 19.5. The molecule has 0 spiro atoms. The van der Waals surface area contributed by atoms with Gasteiger partial charge in [-0.1, -0.05) is 10.3 Å². The van der Waals surface area contributed by atoms with Gasteiger partial charge in [-0.25, -0.2) is 9.97 Å². The third kappa shape index (κ3) is 18.0. The molecule has 0 unspecified atom stereocenters. The summed E-state index contributed by atoms with van der Waals surface area (Å²) in [5.74, 6) is 3.79. The van der Waals surface area contributed by atoms with E-state index < -0.39 is 0 Å². The quantitative estimate of drug-likeness (QED) is 0.161. The van der Waals surface area contributed by atoms with Crippen molar-refractivity contribution in [3.63, 3.8) is 0 Å². The summed E-state index contributed by atoms with van der Waals surface area (Å²) < 4.78 is 22.4. The Balaban J connectivity index is 0.000000252. The molecule has 0 aliphatic rings. The van der Waals surface area contributed by atoms with Crippen LogP contribution in [0, 0.1) is 83.1 Å². The fraction of sp³-hybridized carbons (Fsp3) is 0.414. The summed E-state index contributed by atoms with van der Waals surface area (Å²) in [6.45, 7) is 23.2. The molecule has 6 aromatic heterocycles. The number of aryl methyl sites for hydroxylation is 12. The van der Waals surface area contributed by atoms with Crippen LogP contribution in [0.1, 0.15) is 66.7 Å². The van der Waals surface area contributed by atoms with Crippen LogP contribution in [0.3, 0.4) is 0 Å². The fourth-order valence-electron chi connectivity index (χ4n) is 2.81. The Labute approximate surface area is 260 Å². The van der Waals surface area contributed by atoms with Crippen LogP contribution in [0.25, 0.3) is 0 Å². The zero-order chi connectivity index (χ0) is 31.7. The minimum atomic E-state index is 0.623. The fourth-order valence-corrected chi connectivity index (χ4v) is 4.53. The molecule has 10 nitrogen and oxygen atoms in total. The van der Waals surface area contributed by atoms with Gasteiger partial charge in [0.1, 0.15) is 11.5 Å². The highest BCUT2D eigenvalue weighted by molar-refractivity contribution is 7.09. The van der Waals surface area contributed by atoms with Crippen molar-refractivity contribution in [3.05, 3.63) is 96.4 Å². The van der Waals surface area contributed by atoms with E-state index in [1.807, 2.05) is 61.5 Å². The van der Waals surface area contributed by atoms with Gasteiger partial charge in [0, 0.05) is 40.7 Å². The SMILES string of the molecule is Cc1cc(C)on1.Cc1cc(C)sn1.Cc1cc(C)sn1.Cc1cnc(C)o1.Cc1csc(C)n1.Cc1noc(C)n1. The van der Waals surface area contributed by atoms with Gasteiger partial charge in [-0.05, 0) is 104 Å². The van der Waals surface area contributed by atoms with Crippen LogP contribution in [0.15, 0.2) is 43.2 Å². The number of aromatic nitrogens is 7. The van der Waals surface area contributed by atoms with Crippen molar-refractivity contribution in [1.29, 1.82) is 0 Å². The van der Waals surface area contributed by atoms with Crippen molar-refractivity contribution >= 4 is 34.4 Å². The number of hydrogen-bond acceptors (Lipinski definition) is 13. The maximum Gasteiger partial charge on any atom is 0.223 e. The monoisotopic (exact) mass is 631 g/mol. The molecule has 0 atom stereocenters. The molecule has 6 heterocycles. The van der Waals surface area contributed by atoms with Crippen molar-refractivity contribution in [3.8, 4) is 0 Å². The molecular formula is C29H41N7O3S3. The van der Waals surface area contributed by atoms with Crippen LogP contribution >= 0.6 is 34.4 Å². The lowest BCUT2D eigenvalue weighted by Gasteiger charge is -1.73. The zero-order valence-corrected chi connectivity index (χ0v) is 28.9. The van der Waals surface area contributed by atoms with E-state index in [2.05, 4.69) is 69.9 Å². The Morgan fingerprint density at radius 1 is 0.571 bits per heavy atom. The molecule has 0 aliphatic heterocycles. The van der Waals surface area contributed by atoms with Gasteiger partial charge < -0.3 is 13.5 Å². The van der Waals surface area contributed by atoms with Gasteiger partial charge in [0.15, 0.2) is 11.7 Å². The molecule has 0 saturated carbocycles. The third-order valence-electron chi connectivity index (χ3n) is 4.34. The predicted molar refractivity (Wildman–Crippen MR) is 170 cm³/mol. The lowest BCUT2D eigenvalue weighted by atomic mass is 10.4. The molecule has 0 aliphatic carbocycles. The number of hydrogen-bond donors (Lipinski definition) is 0. The molecule has 6 rings (SSSR count). The van der Waals surface area contributed by atoms with Crippen LogP contribution in [0.5, 0.6) is 0 Å². The molecule has 0 saturated heterocycles. The summed E-state index contributed by atoms with van der Waals surface area (Å²) in [4.78, 5) is 14.4. The topological polar surface area (TPSA) is 130 Å². The minimum Gasteiger partial charge on any atom is -0.446 e. The van der Waals surface area contributed by atoms with Crippen LogP contribution in [0.2, 0.25) is 0 Å². The number of rotatable bonds is 0. The summed E-state index contributed by atoms with van der Waals surface area (Å²) >= 11 is 4.80. The number of thiazole rings is 1. The Morgan fingerprint density at radius 2 is 1.17 bits per heavy atom. The van der Waals surface area contributed by atoms with Crippen molar-refractivity contribution in [1.82, 2.24) is 34.0 Å². The van der Waals surface area contributed by atoms with Crippen molar-refractivity contribution in [2.45, 2.75) is 83.1 Å². The largest absolute Gasteiger partial charge is 0.446 e.